The normalized spacial score (nSPS) is 14.8. The van der Waals surface area contributed by atoms with Crippen molar-refractivity contribution in [3.8, 4) is 0 Å². The van der Waals surface area contributed by atoms with Gasteiger partial charge < -0.3 is 0 Å². The second-order valence-corrected chi connectivity index (χ2v) is 3.16. The molecule has 0 amide bonds. The Bertz CT molecular complexity index is 482. The van der Waals surface area contributed by atoms with Crippen LogP contribution < -0.4 is 0 Å². The van der Waals surface area contributed by atoms with Gasteiger partial charge in [-0.15, -0.1) is 0 Å². The molecule has 0 spiro atoms. The molecule has 1 aromatic heterocycles. The zero-order chi connectivity index (χ0) is 8.67. The van der Waals surface area contributed by atoms with Crippen molar-refractivity contribution in [3.05, 3.63) is 30.0 Å². The van der Waals surface area contributed by atoms with Crippen molar-refractivity contribution in [2.45, 2.75) is 6.54 Å². The Kier molecular flexibility index (Phi) is 1.27. The average Bonchev–Trinajstić information content (AvgIpc) is 2.56. The molecule has 0 aliphatic carbocycles. The van der Waals surface area contributed by atoms with E-state index >= 15 is 0 Å². The Morgan fingerprint density at radius 1 is 1.23 bits per heavy atom. The van der Waals surface area contributed by atoms with Crippen LogP contribution in [0, 0.1) is 0 Å². The SMILES string of the molecule is C1=NCCn2nc3ccccc3c21. The number of nitrogens with zero attached hydrogens (tertiary/aromatic N) is 3. The lowest BCUT2D eigenvalue weighted by Gasteiger charge is -2.05. The zero-order valence-corrected chi connectivity index (χ0v) is 7.14. The average molecular weight is 171 g/mol. The van der Waals surface area contributed by atoms with Gasteiger partial charge in [0.25, 0.3) is 0 Å². The summed E-state index contributed by atoms with van der Waals surface area (Å²) in [5.74, 6) is 0. The molecule has 0 atom stereocenters. The molecule has 0 fully saturated rings. The Balaban J connectivity index is 2.42. The first-order valence-electron chi connectivity index (χ1n) is 4.40. The van der Waals surface area contributed by atoms with E-state index in [-0.39, 0.29) is 0 Å². The summed E-state index contributed by atoms with van der Waals surface area (Å²) >= 11 is 0. The summed E-state index contributed by atoms with van der Waals surface area (Å²) in [6.07, 6.45) is 1.92. The molecule has 1 aliphatic heterocycles. The fraction of sp³-hybridized carbons (Fsp3) is 0.200. The molecule has 2 aromatic rings. The van der Waals surface area contributed by atoms with E-state index in [1.54, 1.807) is 0 Å². The Morgan fingerprint density at radius 2 is 2.15 bits per heavy atom. The van der Waals surface area contributed by atoms with Crippen LogP contribution in [0.4, 0.5) is 0 Å². The Morgan fingerprint density at radius 3 is 3.15 bits per heavy atom. The minimum atomic E-state index is 0.848. The van der Waals surface area contributed by atoms with Crippen molar-refractivity contribution >= 4 is 17.1 Å². The molecular formula is C10H9N3. The van der Waals surface area contributed by atoms with Crippen LogP contribution in [0.2, 0.25) is 0 Å². The molecule has 2 heterocycles. The lowest BCUT2D eigenvalue weighted by atomic mass is 10.2. The number of aromatic nitrogens is 2. The minimum absolute atomic E-state index is 0.848. The highest BCUT2D eigenvalue weighted by Gasteiger charge is 2.10. The molecule has 0 saturated heterocycles. The van der Waals surface area contributed by atoms with Crippen LogP contribution in [0.15, 0.2) is 29.3 Å². The van der Waals surface area contributed by atoms with Gasteiger partial charge in [0, 0.05) is 11.6 Å². The predicted molar refractivity (Wildman–Crippen MR) is 52.2 cm³/mol. The summed E-state index contributed by atoms with van der Waals surface area (Å²) in [6, 6.07) is 8.17. The molecule has 1 aliphatic rings. The highest BCUT2D eigenvalue weighted by atomic mass is 15.3. The van der Waals surface area contributed by atoms with Crippen LogP contribution in [-0.2, 0) is 6.54 Å². The van der Waals surface area contributed by atoms with Gasteiger partial charge in [-0.1, -0.05) is 18.2 Å². The van der Waals surface area contributed by atoms with E-state index in [0.29, 0.717) is 0 Å². The van der Waals surface area contributed by atoms with Crippen LogP contribution in [0.25, 0.3) is 10.9 Å². The van der Waals surface area contributed by atoms with Gasteiger partial charge in [0.1, 0.15) is 0 Å². The monoisotopic (exact) mass is 171 g/mol. The summed E-state index contributed by atoms with van der Waals surface area (Å²) in [5, 5.41) is 5.68. The van der Waals surface area contributed by atoms with Gasteiger partial charge in [-0.3, -0.25) is 9.67 Å². The highest BCUT2D eigenvalue weighted by Crippen LogP contribution is 2.17. The van der Waals surface area contributed by atoms with Crippen LogP contribution in [0.3, 0.4) is 0 Å². The molecule has 0 bridgehead atoms. The summed E-state index contributed by atoms with van der Waals surface area (Å²) in [5.41, 5.74) is 2.20. The molecule has 3 rings (SSSR count). The third-order valence-electron chi connectivity index (χ3n) is 2.34. The maximum atomic E-state index is 4.48. The van der Waals surface area contributed by atoms with Crippen molar-refractivity contribution < 1.29 is 0 Å². The topological polar surface area (TPSA) is 30.2 Å². The van der Waals surface area contributed by atoms with Crippen LogP contribution >= 0.6 is 0 Å². The van der Waals surface area contributed by atoms with E-state index in [0.717, 1.165) is 24.3 Å². The van der Waals surface area contributed by atoms with Gasteiger partial charge >= 0.3 is 0 Å². The van der Waals surface area contributed by atoms with Gasteiger partial charge in [0.05, 0.1) is 24.3 Å². The fourth-order valence-electron chi connectivity index (χ4n) is 1.71. The highest BCUT2D eigenvalue weighted by molar-refractivity contribution is 5.97. The van der Waals surface area contributed by atoms with Crippen LogP contribution in [-0.4, -0.2) is 22.5 Å². The standard InChI is InChI=1S/C10H9N3/c1-2-4-9-8(3-1)10-7-11-5-6-13(10)12-9/h1-4,7H,5-6H2. The van der Waals surface area contributed by atoms with Crippen LogP contribution in [0.5, 0.6) is 0 Å². The number of rotatable bonds is 0. The number of hydrogen-bond donors (Lipinski definition) is 0. The Hall–Kier alpha value is -1.64. The molecule has 3 nitrogen and oxygen atoms in total. The van der Waals surface area contributed by atoms with Crippen molar-refractivity contribution in [1.82, 2.24) is 9.78 Å². The molecule has 0 unspecified atom stereocenters. The zero-order valence-electron chi connectivity index (χ0n) is 7.14. The maximum absolute atomic E-state index is 4.48. The minimum Gasteiger partial charge on any atom is -0.289 e. The largest absolute Gasteiger partial charge is 0.289 e. The maximum Gasteiger partial charge on any atom is 0.0930 e. The molecule has 0 saturated carbocycles. The van der Waals surface area contributed by atoms with Crippen molar-refractivity contribution in [1.29, 1.82) is 0 Å². The van der Waals surface area contributed by atoms with E-state index in [4.69, 9.17) is 0 Å². The van der Waals surface area contributed by atoms with Crippen molar-refractivity contribution in [2.24, 2.45) is 4.99 Å². The molecular weight excluding hydrogens is 162 g/mol. The second-order valence-electron chi connectivity index (χ2n) is 3.16. The first kappa shape index (κ1) is 6.83. The van der Waals surface area contributed by atoms with Crippen molar-refractivity contribution in [2.75, 3.05) is 6.54 Å². The predicted octanol–water partition coefficient (Wildman–Crippen LogP) is 1.47. The fourth-order valence-corrected chi connectivity index (χ4v) is 1.71. The van der Waals surface area contributed by atoms with E-state index in [1.807, 2.05) is 29.1 Å². The molecule has 13 heavy (non-hydrogen) atoms. The summed E-state index contributed by atoms with van der Waals surface area (Å²) in [7, 11) is 0. The van der Waals surface area contributed by atoms with E-state index in [2.05, 4.69) is 16.2 Å². The summed E-state index contributed by atoms with van der Waals surface area (Å²) in [4.78, 5) is 4.25. The number of hydrogen-bond acceptors (Lipinski definition) is 2. The number of fused-ring (bicyclic) bond motifs is 3. The molecule has 0 N–H and O–H groups in total. The van der Waals surface area contributed by atoms with Crippen LogP contribution in [0.1, 0.15) is 5.69 Å². The first-order valence-corrected chi connectivity index (χ1v) is 4.40. The molecule has 0 radical (unpaired) electrons. The van der Waals surface area contributed by atoms with E-state index in [1.165, 1.54) is 5.39 Å². The van der Waals surface area contributed by atoms with Gasteiger partial charge in [-0.05, 0) is 6.07 Å². The number of benzene rings is 1. The van der Waals surface area contributed by atoms with Gasteiger partial charge in [-0.25, -0.2) is 0 Å². The molecule has 3 heteroatoms. The van der Waals surface area contributed by atoms with Gasteiger partial charge in [0.2, 0.25) is 0 Å². The van der Waals surface area contributed by atoms with Gasteiger partial charge in [0.15, 0.2) is 0 Å². The second kappa shape index (κ2) is 2.42. The lowest BCUT2D eigenvalue weighted by Crippen LogP contribution is -2.11. The summed E-state index contributed by atoms with van der Waals surface area (Å²) < 4.78 is 2.03. The Labute approximate surface area is 75.7 Å². The summed E-state index contributed by atoms with van der Waals surface area (Å²) in [6.45, 7) is 1.75. The third kappa shape index (κ3) is 0.900. The third-order valence-corrected chi connectivity index (χ3v) is 2.34. The smallest absolute Gasteiger partial charge is 0.0930 e. The van der Waals surface area contributed by atoms with E-state index in [9.17, 15) is 0 Å². The quantitative estimate of drug-likeness (QED) is 0.590. The van der Waals surface area contributed by atoms with Crippen molar-refractivity contribution in [3.63, 3.8) is 0 Å². The first-order chi connectivity index (χ1) is 6.45. The molecule has 64 valence electrons. The van der Waals surface area contributed by atoms with E-state index < -0.39 is 0 Å². The lowest BCUT2D eigenvalue weighted by molar-refractivity contribution is 0.617. The molecule has 1 aromatic carbocycles. The van der Waals surface area contributed by atoms with Gasteiger partial charge in [-0.2, -0.15) is 5.10 Å². The number of aliphatic imine (C=N–C) groups is 1.